The van der Waals surface area contributed by atoms with Gasteiger partial charge in [0.15, 0.2) is 0 Å². The fourth-order valence-electron chi connectivity index (χ4n) is 1.05. The van der Waals surface area contributed by atoms with E-state index >= 15 is 0 Å². The fraction of sp³-hybridized carbons (Fsp3) is 0.455. The smallest absolute Gasteiger partial charge is 0.0629 e. The zero-order valence-electron chi connectivity index (χ0n) is 8.85. The van der Waals surface area contributed by atoms with Gasteiger partial charge in [0, 0.05) is 27.5 Å². The van der Waals surface area contributed by atoms with E-state index in [1.165, 1.54) is 0 Å². The Morgan fingerprint density at radius 2 is 1.80 bits per heavy atom. The largest absolute Gasteiger partial charge is 0.396 e. The molecule has 0 aliphatic rings. The molecular weight excluding hydrogens is 322 g/mol. The zero-order valence-corrected chi connectivity index (χ0v) is 12.0. The number of hydrogen-bond donors (Lipinski definition) is 2. The number of hydrogen-bond acceptors (Lipinski definition) is 2. The van der Waals surface area contributed by atoms with Gasteiger partial charge in [0.05, 0.1) is 5.69 Å². The second kappa shape index (κ2) is 5.32. The highest BCUT2D eigenvalue weighted by Crippen LogP contribution is 2.31. The lowest BCUT2D eigenvalue weighted by Gasteiger charge is -2.23. The average molecular weight is 337 g/mol. The highest BCUT2D eigenvalue weighted by Gasteiger charge is 2.17. The van der Waals surface area contributed by atoms with Gasteiger partial charge in [0.2, 0.25) is 0 Å². The van der Waals surface area contributed by atoms with E-state index in [1.54, 1.807) is 0 Å². The number of anilines is 1. The molecule has 0 amide bonds. The molecule has 15 heavy (non-hydrogen) atoms. The second-order valence-corrected chi connectivity index (χ2v) is 5.98. The number of benzene rings is 1. The third-order valence-corrected chi connectivity index (χ3v) is 3.46. The molecule has 0 heterocycles. The molecule has 1 aromatic carbocycles. The maximum atomic E-state index is 9.15. The topological polar surface area (TPSA) is 32.3 Å². The molecule has 0 bridgehead atoms. The van der Waals surface area contributed by atoms with E-state index in [0.717, 1.165) is 21.2 Å². The summed E-state index contributed by atoms with van der Waals surface area (Å²) in [4.78, 5) is 0. The predicted molar refractivity (Wildman–Crippen MR) is 71.2 cm³/mol. The Balaban J connectivity index is 2.73. The lowest BCUT2D eigenvalue weighted by atomic mass is 9.95. The van der Waals surface area contributed by atoms with Crippen molar-refractivity contribution in [1.82, 2.24) is 0 Å². The van der Waals surface area contributed by atoms with Crippen molar-refractivity contribution in [3.63, 3.8) is 0 Å². The summed E-state index contributed by atoms with van der Waals surface area (Å²) in [5.74, 6) is 0. The van der Waals surface area contributed by atoms with E-state index in [0.29, 0.717) is 0 Å². The highest BCUT2D eigenvalue weighted by molar-refractivity contribution is 9.11. The van der Waals surface area contributed by atoms with Crippen molar-refractivity contribution in [2.45, 2.75) is 13.8 Å². The summed E-state index contributed by atoms with van der Waals surface area (Å²) in [6.07, 6.45) is 0. The number of aliphatic hydroxyl groups excluding tert-OH is 1. The van der Waals surface area contributed by atoms with Gasteiger partial charge in [-0.15, -0.1) is 0 Å². The van der Waals surface area contributed by atoms with Gasteiger partial charge in [0.25, 0.3) is 0 Å². The van der Waals surface area contributed by atoms with Gasteiger partial charge in [0.1, 0.15) is 0 Å². The van der Waals surface area contributed by atoms with Gasteiger partial charge >= 0.3 is 0 Å². The molecular formula is C11H15Br2NO. The minimum atomic E-state index is -0.116. The van der Waals surface area contributed by atoms with Gasteiger partial charge in [-0.1, -0.05) is 19.9 Å². The molecule has 1 rings (SSSR count). The lowest BCUT2D eigenvalue weighted by Crippen LogP contribution is -2.27. The first kappa shape index (κ1) is 13.0. The van der Waals surface area contributed by atoms with Crippen LogP contribution in [-0.2, 0) is 0 Å². The van der Waals surface area contributed by atoms with Crippen molar-refractivity contribution in [3.8, 4) is 0 Å². The van der Waals surface area contributed by atoms with Crippen LogP contribution >= 0.6 is 31.9 Å². The molecule has 0 saturated carbocycles. The molecule has 0 spiro atoms. The Morgan fingerprint density at radius 1 is 1.27 bits per heavy atom. The Labute approximate surface area is 107 Å². The average Bonchev–Trinajstić information content (AvgIpc) is 2.17. The number of rotatable bonds is 4. The third kappa shape index (κ3) is 3.78. The summed E-state index contributed by atoms with van der Waals surface area (Å²) in [5.41, 5.74) is 0.911. The van der Waals surface area contributed by atoms with Crippen LogP contribution in [0.1, 0.15) is 13.8 Å². The Kier molecular flexibility index (Phi) is 4.62. The van der Waals surface area contributed by atoms with Crippen molar-refractivity contribution in [2.24, 2.45) is 5.41 Å². The molecule has 1 aromatic rings. The minimum Gasteiger partial charge on any atom is -0.396 e. The van der Waals surface area contributed by atoms with Crippen LogP contribution in [0.4, 0.5) is 5.69 Å². The molecule has 0 unspecified atom stereocenters. The number of halogens is 2. The minimum absolute atomic E-state index is 0.116. The van der Waals surface area contributed by atoms with Gasteiger partial charge in [-0.3, -0.25) is 0 Å². The molecule has 84 valence electrons. The number of aliphatic hydroxyl groups is 1. The van der Waals surface area contributed by atoms with Gasteiger partial charge < -0.3 is 10.4 Å². The molecule has 0 aliphatic heterocycles. The molecule has 0 radical (unpaired) electrons. The Hall–Kier alpha value is -0.0600. The van der Waals surface area contributed by atoms with Crippen molar-refractivity contribution >= 4 is 37.5 Å². The summed E-state index contributed by atoms with van der Waals surface area (Å²) in [6, 6.07) is 5.94. The predicted octanol–water partition coefficient (Wildman–Crippen LogP) is 3.64. The second-order valence-electron chi connectivity index (χ2n) is 4.27. The van der Waals surface area contributed by atoms with Crippen LogP contribution in [0.2, 0.25) is 0 Å². The molecule has 0 aromatic heterocycles. The number of nitrogens with one attached hydrogen (secondary N) is 1. The molecule has 4 heteroatoms. The molecule has 0 aliphatic carbocycles. The van der Waals surface area contributed by atoms with E-state index in [9.17, 15) is 0 Å². The van der Waals surface area contributed by atoms with E-state index in [4.69, 9.17) is 5.11 Å². The van der Waals surface area contributed by atoms with Gasteiger partial charge in [-0.25, -0.2) is 0 Å². The molecule has 0 fully saturated rings. The van der Waals surface area contributed by atoms with E-state index < -0.39 is 0 Å². The molecule has 0 saturated heterocycles. The quantitative estimate of drug-likeness (QED) is 0.879. The van der Waals surface area contributed by atoms with Crippen LogP contribution in [0.15, 0.2) is 27.1 Å². The monoisotopic (exact) mass is 335 g/mol. The maximum Gasteiger partial charge on any atom is 0.0629 e. The van der Waals surface area contributed by atoms with Crippen molar-refractivity contribution in [2.75, 3.05) is 18.5 Å². The molecule has 2 N–H and O–H groups in total. The van der Waals surface area contributed by atoms with Crippen LogP contribution in [-0.4, -0.2) is 18.3 Å². The van der Waals surface area contributed by atoms with Crippen molar-refractivity contribution in [3.05, 3.63) is 27.1 Å². The molecule has 2 nitrogen and oxygen atoms in total. The first-order valence-corrected chi connectivity index (χ1v) is 6.33. The zero-order chi connectivity index (χ0) is 11.5. The third-order valence-electron chi connectivity index (χ3n) is 2.13. The fourth-order valence-corrected chi connectivity index (χ4v) is 2.33. The Morgan fingerprint density at radius 3 is 2.27 bits per heavy atom. The lowest BCUT2D eigenvalue weighted by molar-refractivity contribution is 0.171. The summed E-state index contributed by atoms with van der Waals surface area (Å²) < 4.78 is 2.04. The summed E-state index contributed by atoms with van der Waals surface area (Å²) >= 11 is 6.96. The first-order valence-electron chi connectivity index (χ1n) is 4.75. The van der Waals surface area contributed by atoms with Crippen LogP contribution in [0, 0.1) is 5.41 Å². The van der Waals surface area contributed by atoms with Crippen molar-refractivity contribution < 1.29 is 5.11 Å². The van der Waals surface area contributed by atoms with Crippen LogP contribution in [0.25, 0.3) is 0 Å². The maximum absolute atomic E-state index is 9.15. The standard InChI is InChI=1S/C11H15Br2NO/c1-11(2,7-15)6-14-10-8(12)4-3-5-9(10)13/h3-5,14-15H,6-7H2,1-2H3. The Bertz CT molecular complexity index is 319. The summed E-state index contributed by atoms with van der Waals surface area (Å²) in [6.45, 7) is 4.93. The summed E-state index contributed by atoms with van der Waals surface area (Å²) in [7, 11) is 0. The molecule has 0 atom stereocenters. The van der Waals surface area contributed by atoms with Gasteiger partial charge in [-0.2, -0.15) is 0 Å². The van der Waals surface area contributed by atoms with Crippen molar-refractivity contribution in [1.29, 1.82) is 0 Å². The van der Waals surface area contributed by atoms with E-state index in [-0.39, 0.29) is 12.0 Å². The van der Waals surface area contributed by atoms with Gasteiger partial charge in [-0.05, 0) is 44.0 Å². The van der Waals surface area contributed by atoms with Crippen LogP contribution in [0.5, 0.6) is 0 Å². The first-order chi connectivity index (χ1) is 6.96. The normalized spacial score (nSPS) is 11.5. The van der Waals surface area contributed by atoms with Crippen LogP contribution in [0.3, 0.4) is 0 Å². The summed E-state index contributed by atoms with van der Waals surface area (Å²) in [5, 5.41) is 12.5. The number of para-hydroxylation sites is 1. The van der Waals surface area contributed by atoms with Crippen LogP contribution < -0.4 is 5.32 Å². The SMILES string of the molecule is CC(C)(CO)CNc1c(Br)cccc1Br. The van der Waals surface area contributed by atoms with E-state index in [1.807, 2.05) is 32.0 Å². The van der Waals surface area contributed by atoms with E-state index in [2.05, 4.69) is 37.2 Å². The highest BCUT2D eigenvalue weighted by atomic mass is 79.9.